The van der Waals surface area contributed by atoms with Crippen LogP contribution in [0, 0.1) is 11.8 Å². The summed E-state index contributed by atoms with van der Waals surface area (Å²) in [6, 6.07) is 9.79. The number of likely N-dealkylation sites (tertiary alicyclic amines) is 2. The first-order chi connectivity index (χ1) is 15.5. The summed E-state index contributed by atoms with van der Waals surface area (Å²) in [4.78, 5) is 43.3. The Morgan fingerprint density at radius 3 is 2.50 bits per heavy atom. The van der Waals surface area contributed by atoms with Gasteiger partial charge in [0.2, 0.25) is 5.91 Å². The molecule has 3 aliphatic rings. The van der Waals surface area contributed by atoms with Gasteiger partial charge < -0.3 is 24.5 Å². The Hall–Kier alpha value is -2.45. The van der Waals surface area contributed by atoms with Crippen LogP contribution in [0.3, 0.4) is 0 Å². The zero-order valence-corrected chi connectivity index (χ0v) is 18.5. The Bertz CT molecular complexity index is 809. The van der Waals surface area contributed by atoms with Crippen molar-refractivity contribution in [3.63, 3.8) is 0 Å². The molecule has 0 radical (unpaired) electrons. The molecule has 3 saturated heterocycles. The summed E-state index contributed by atoms with van der Waals surface area (Å²) in [5, 5.41) is 9.44. The molecule has 0 bridgehead atoms. The summed E-state index contributed by atoms with van der Waals surface area (Å²) in [5.74, 6) is 0.124. The highest BCUT2D eigenvalue weighted by atomic mass is 16.5. The number of piperidine rings is 2. The minimum Gasteiger partial charge on any atom is -0.395 e. The smallest absolute Gasteiger partial charge is 0.320 e. The van der Waals surface area contributed by atoms with E-state index >= 15 is 0 Å². The Balaban J connectivity index is 1.29. The first-order valence-corrected chi connectivity index (χ1v) is 11.7. The van der Waals surface area contributed by atoms with Crippen LogP contribution in [-0.2, 0) is 20.9 Å². The molecule has 4 rings (SSSR count). The lowest BCUT2D eigenvalue weighted by atomic mass is 9.88. The number of nitrogens with zero attached hydrogens (tertiary/aromatic N) is 3. The Morgan fingerprint density at radius 1 is 1.06 bits per heavy atom. The van der Waals surface area contributed by atoms with Crippen LogP contribution in [0.25, 0.3) is 0 Å². The van der Waals surface area contributed by atoms with E-state index in [1.165, 1.54) is 0 Å². The van der Waals surface area contributed by atoms with Gasteiger partial charge in [-0.2, -0.15) is 0 Å². The van der Waals surface area contributed by atoms with E-state index < -0.39 is 0 Å². The average Bonchev–Trinajstić information content (AvgIpc) is 2.83. The fraction of sp³-hybridized carbons (Fsp3) is 0.625. The van der Waals surface area contributed by atoms with Gasteiger partial charge in [0.05, 0.1) is 12.7 Å². The molecule has 1 aromatic rings. The Kier molecular flexibility index (Phi) is 7.42. The van der Waals surface area contributed by atoms with Gasteiger partial charge in [-0.25, -0.2) is 4.79 Å². The van der Waals surface area contributed by atoms with Crippen molar-refractivity contribution in [1.82, 2.24) is 14.7 Å². The topological polar surface area (TPSA) is 90.4 Å². The van der Waals surface area contributed by atoms with Crippen LogP contribution in [0.5, 0.6) is 0 Å². The first-order valence-electron chi connectivity index (χ1n) is 11.7. The molecule has 8 heteroatoms. The van der Waals surface area contributed by atoms with Crippen LogP contribution in [0.4, 0.5) is 4.79 Å². The number of fused-ring (bicyclic) bond motifs is 1. The van der Waals surface area contributed by atoms with Crippen LogP contribution in [0.15, 0.2) is 30.3 Å². The van der Waals surface area contributed by atoms with Crippen LogP contribution in [-0.4, -0.2) is 89.6 Å². The van der Waals surface area contributed by atoms with Crippen molar-refractivity contribution in [2.75, 3.05) is 45.9 Å². The monoisotopic (exact) mass is 443 g/mol. The number of Topliss-reactive ketones (excluding diaryl/α,β-unsaturated/α-hetero) is 1. The molecule has 0 unspecified atom stereocenters. The van der Waals surface area contributed by atoms with Gasteiger partial charge in [-0.3, -0.25) is 9.59 Å². The van der Waals surface area contributed by atoms with E-state index in [0.717, 1.165) is 12.0 Å². The average molecular weight is 444 g/mol. The highest BCUT2D eigenvalue weighted by Crippen LogP contribution is 2.29. The van der Waals surface area contributed by atoms with E-state index in [1.807, 2.05) is 40.1 Å². The molecule has 3 aliphatic heterocycles. The fourth-order valence-corrected chi connectivity index (χ4v) is 5.12. The van der Waals surface area contributed by atoms with E-state index in [2.05, 4.69) is 0 Å². The molecule has 2 atom stereocenters. The zero-order chi connectivity index (χ0) is 22.5. The number of amides is 3. The third-order valence-corrected chi connectivity index (χ3v) is 6.90. The van der Waals surface area contributed by atoms with Crippen molar-refractivity contribution in [1.29, 1.82) is 0 Å². The zero-order valence-electron chi connectivity index (χ0n) is 18.5. The van der Waals surface area contributed by atoms with Gasteiger partial charge in [-0.1, -0.05) is 30.3 Å². The van der Waals surface area contributed by atoms with E-state index in [-0.39, 0.29) is 48.9 Å². The molecule has 3 fully saturated rings. The predicted octanol–water partition coefficient (Wildman–Crippen LogP) is 1.52. The van der Waals surface area contributed by atoms with Gasteiger partial charge in [0.25, 0.3) is 0 Å². The van der Waals surface area contributed by atoms with Crippen molar-refractivity contribution in [3.05, 3.63) is 35.9 Å². The summed E-state index contributed by atoms with van der Waals surface area (Å²) in [7, 11) is 0. The Morgan fingerprint density at radius 2 is 1.78 bits per heavy atom. The highest BCUT2D eigenvalue weighted by Gasteiger charge is 2.38. The van der Waals surface area contributed by atoms with Crippen molar-refractivity contribution in [2.45, 2.75) is 38.3 Å². The number of aliphatic hydroxyl groups is 1. The van der Waals surface area contributed by atoms with Crippen LogP contribution >= 0.6 is 0 Å². The molecule has 0 saturated carbocycles. The molecule has 0 aromatic heterocycles. The second kappa shape index (κ2) is 10.4. The number of rotatable bonds is 5. The van der Waals surface area contributed by atoms with E-state index in [4.69, 9.17) is 4.74 Å². The lowest BCUT2D eigenvalue weighted by Gasteiger charge is -2.43. The number of benzene rings is 1. The SMILES string of the molecule is O=C1CO[C@H]2CCN(C(=O)N3CCC(C(=O)N(CCO)Cc4ccccc4)CC3)C[C@H]2C1. The summed E-state index contributed by atoms with van der Waals surface area (Å²) >= 11 is 0. The molecule has 3 amide bonds. The molecule has 32 heavy (non-hydrogen) atoms. The number of ketones is 1. The molecule has 174 valence electrons. The number of aliphatic hydroxyl groups excluding tert-OH is 1. The second-order valence-electron chi connectivity index (χ2n) is 9.10. The van der Waals surface area contributed by atoms with Crippen molar-refractivity contribution < 1.29 is 24.2 Å². The second-order valence-corrected chi connectivity index (χ2v) is 9.10. The number of urea groups is 1. The summed E-state index contributed by atoms with van der Waals surface area (Å²) in [5.41, 5.74) is 1.04. The maximum absolute atomic E-state index is 13.1. The number of ether oxygens (including phenoxy) is 1. The molecular weight excluding hydrogens is 410 g/mol. The lowest BCUT2D eigenvalue weighted by molar-refractivity contribution is -0.140. The maximum atomic E-state index is 13.1. The third-order valence-electron chi connectivity index (χ3n) is 6.90. The molecule has 1 aromatic carbocycles. The minimum absolute atomic E-state index is 0.00358. The maximum Gasteiger partial charge on any atom is 0.320 e. The molecule has 8 nitrogen and oxygen atoms in total. The molecular formula is C24H33N3O5. The lowest BCUT2D eigenvalue weighted by Crippen LogP contribution is -2.55. The molecule has 1 N–H and O–H groups in total. The first kappa shape index (κ1) is 22.7. The van der Waals surface area contributed by atoms with Gasteiger partial charge in [-0.05, 0) is 24.8 Å². The summed E-state index contributed by atoms with van der Waals surface area (Å²) in [6.07, 6.45) is 2.61. The highest BCUT2D eigenvalue weighted by molar-refractivity contribution is 5.81. The van der Waals surface area contributed by atoms with Gasteiger partial charge in [0.15, 0.2) is 5.78 Å². The minimum atomic E-state index is -0.135. The number of hydrogen-bond acceptors (Lipinski definition) is 5. The Labute approximate surface area is 189 Å². The van der Waals surface area contributed by atoms with Gasteiger partial charge in [-0.15, -0.1) is 0 Å². The quantitative estimate of drug-likeness (QED) is 0.745. The molecule has 0 aliphatic carbocycles. The normalized spacial score (nSPS) is 24.2. The van der Waals surface area contributed by atoms with Crippen molar-refractivity contribution >= 4 is 17.7 Å². The molecule has 0 spiro atoms. The van der Waals surface area contributed by atoms with Crippen molar-refractivity contribution in [3.8, 4) is 0 Å². The van der Waals surface area contributed by atoms with Crippen molar-refractivity contribution in [2.24, 2.45) is 11.8 Å². The third kappa shape index (κ3) is 5.30. The summed E-state index contributed by atoms with van der Waals surface area (Å²) < 4.78 is 5.63. The predicted molar refractivity (Wildman–Crippen MR) is 118 cm³/mol. The van der Waals surface area contributed by atoms with E-state index in [1.54, 1.807) is 4.90 Å². The van der Waals surface area contributed by atoms with E-state index in [0.29, 0.717) is 58.5 Å². The van der Waals surface area contributed by atoms with Gasteiger partial charge in [0.1, 0.15) is 6.61 Å². The van der Waals surface area contributed by atoms with Crippen LogP contribution < -0.4 is 0 Å². The largest absolute Gasteiger partial charge is 0.395 e. The number of hydrogen-bond donors (Lipinski definition) is 1. The van der Waals surface area contributed by atoms with Crippen LogP contribution in [0.1, 0.15) is 31.2 Å². The number of carbonyl (C=O) groups is 3. The van der Waals surface area contributed by atoms with E-state index in [9.17, 15) is 19.5 Å². The van der Waals surface area contributed by atoms with Crippen LogP contribution in [0.2, 0.25) is 0 Å². The standard InChI is InChI=1S/C24H33N3O5/c28-13-12-26(15-18-4-2-1-3-5-18)23(30)19-6-9-25(10-7-19)24(31)27-11-8-22-20(16-27)14-21(29)17-32-22/h1-5,19-20,22,28H,6-17H2/t20-,22+/m1/s1. The summed E-state index contributed by atoms with van der Waals surface area (Å²) in [6.45, 7) is 3.24. The van der Waals surface area contributed by atoms with Gasteiger partial charge in [0, 0.05) is 57.5 Å². The van der Waals surface area contributed by atoms with Gasteiger partial charge >= 0.3 is 6.03 Å². The fourth-order valence-electron chi connectivity index (χ4n) is 5.12. The number of carbonyl (C=O) groups excluding carboxylic acids is 3. The molecule has 3 heterocycles.